The fourth-order valence-corrected chi connectivity index (χ4v) is 2.27. The fraction of sp³-hybridized carbons (Fsp3) is 0.133. The minimum Gasteiger partial charge on any atom is -0.271 e. The van der Waals surface area contributed by atoms with Crippen molar-refractivity contribution < 1.29 is 0 Å². The van der Waals surface area contributed by atoms with Gasteiger partial charge in [-0.15, -0.1) is 0 Å². The predicted octanol–water partition coefficient (Wildman–Crippen LogP) is 1.89. The van der Waals surface area contributed by atoms with E-state index in [4.69, 9.17) is 5.84 Å². The quantitative estimate of drug-likeness (QED) is 0.558. The third-order valence-electron chi connectivity index (χ3n) is 3.29. The summed E-state index contributed by atoms with van der Waals surface area (Å²) in [6.07, 6.45) is 7.11. The van der Waals surface area contributed by atoms with Crippen LogP contribution in [0.3, 0.4) is 0 Å². The number of aryl methyl sites for hydroxylation is 1. The molecule has 2 heterocycles. The first-order valence-electron chi connectivity index (χ1n) is 6.37. The number of hydrazine groups is 1. The number of nitrogens with zero attached hydrogens (tertiary/aromatic N) is 3. The summed E-state index contributed by atoms with van der Waals surface area (Å²) >= 11 is 0. The van der Waals surface area contributed by atoms with Gasteiger partial charge in [0.1, 0.15) is 0 Å². The van der Waals surface area contributed by atoms with Gasteiger partial charge in [0.2, 0.25) is 0 Å². The van der Waals surface area contributed by atoms with Crippen LogP contribution >= 0.6 is 0 Å². The molecule has 0 fully saturated rings. The number of pyridine rings is 1. The van der Waals surface area contributed by atoms with Crippen molar-refractivity contribution in [2.75, 3.05) is 0 Å². The highest BCUT2D eigenvalue weighted by molar-refractivity contribution is 5.85. The number of rotatable bonds is 3. The van der Waals surface area contributed by atoms with Gasteiger partial charge in [-0.2, -0.15) is 0 Å². The van der Waals surface area contributed by atoms with Gasteiger partial charge >= 0.3 is 0 Å². The van der Waals surface area contributed by atoms with Crippen LogP contribution in [0.15, 0.2) is 49.1 Å². The van der Waals surface area contributed by atoms with Gasteiger partial charge in [-0.3, -0.25) is 20.8 Å². The number of aromatic nitrogens is 3. The molecule has 0 saturated carbocycles. The standard InChI is InChI=1S/C15H15N5/c1-10-7-19-14(9-18-10)15(20-16)12-4-2-3-11-5-6-17-8-13(11)12/h2-9,15,20H,16H2,1H3. The average molecular weight is 265 g/mol. The minimum absolute atomic E-state index is 0.212. The molecule has 0 amide bonds. The average Bonchev–Trinajstić information content (AvgIpc) is 2.50. The lowest BCUT2D eigenvalue weighted by Crippen LogP contribution is -2.29. The van der Waals surface area contributed by atoms with Gasteiger partial charge in [-0.05, 0) is 23.9 Å². The lowest BCUT2D eigenvalue weighted by Gasteiger charge is -2.17. The van der Waals surface area contributed by atoms with Crippen molar-refractivity contribution in [3.63, 3.8) is 0 Å². The van der Waals surface area contributed by atoms with Gasteiger partial charge in [0.05, 0.1) is 23.6 Å². The first kappa shape index (κ1) is 12.7. The fourth-order valence-electron chi connectivity index (χ4n) is 2.27. The third-order valence-corrected chi connectivity index (χ3v) is 3.29. The number of nitrogens with two attached hydrogens (primary N) is 1. The van der Waals surface area contributed by atoms with Gasteiger partial charge in [0, 0.05) is 24.0 Å². The molecule has 0 aliphatic rings. The van der Waals surface area contributed by atoms with Crippen molar-refractivity contribution in [1.29, 1.82) is 0 Å². The van der Waals surface area contributed by atoms with Crippen LogP contribution in [0.5, 0.6) is 0 Å². The first-order chi connectivity index (χ1) is 9.79. The molecule has 1 atom stereocenters. The van der Waals surface area contributed by atoms with Crippen molar-refractivity contribution >= 4 is 10.8 Å². The molecule has 0 aliphatic carbocycles. The number of nitrogens with one attached hydrogen (secondary N) is 1. The second-order valence-electron chi connectivity index (χ2n) is 4.63. The molecule has 3 aromatic rings. The number of benzene rings is 1. The van der Waals surface area contributed by atoms with Crippen LogP contribution in [-0.4, -0.2) is 15.0 Å². The smallest absolute Gasteiger partial charge is 0.0903 e. The monoisotopic (exact) mass is 265 g/mol. The molecule has 1 unspecified atom stereocenters. The van der Waals surface area contributed by atoms with Gasteiger partial charge in [-0.25, -0.2) is 5.43 Å². The van der Waals surface area contributed by atoms with Gasteiger partial charge in [0.15, 0.2) is 0 Å². The van der Waals surface area contributed by atoms with Crippen LogP contribution in [0.4, 0.5) is 0 Å². The molecule has 2 aromatic heterocycles. The zero-order valence-corrected chi connectivity index (χ0v) is 11.1. The Morgan fingerprint density at radius 3 is 2.75 bits per heavy atom. The van der Waals surface area contributed by atoms with Crippen LogP contribution in [-0.2, 0) is 0 Å². The van der Waals surface area contributed by atoms with Crippen molar-refractivity contribution in [2.45, 2.75) is 13.0 Å². The Labute approximate surface area is 116 Å². The van der Waals surface area contributed by atoms with Crippen LogP contribution in [0.25, 0.3) is 10.8 Å². The summed E-state index contributed by atoms with van der Waals surface area (Å²) in [6.45, 7) is 1.91. The summed E-state index contributed by atoms with van der Waals surface area (Å²) in [7, 11) is 0. The summed E-state index contributed by atoms with van der Waals surface area (Å²) in [5.41, 5.74) is 5.52. The van der Waals surface area contributed by atoms with E-state index in [1.54, 1.807) is 18.6 Å². The van der Waals surface area contributed by atoms with E-state index in [2.05, 4.69) is 26.4 Å². The molecule has 3 N–H and O–H groups in total. The molecule has 5 nitrogen and oxygen atoms in total. The zero-order chi connectivity index (χ0) is 13.9. The molecule has 0 spiro atoms. The molecule has 1 aromatic carbocycles. The van der Waals surface area contributed by atoms with E-state index in [1.165, 1.54) is 0 Å². The second kappa shape index (κ2) is 5.32. The Kier molecular flexibility index (Phi) is 3.37. The molecule has 0 bridgehead atoms. The molecule has 100 valence electrons. The molecule has 0 saturated heterocycles. The van der Waals surface area contributed by atoms with E-state index in [-0.39, 0.29) is 6.04 Å². The van der Waals surface area contributed by atoms with Gasteiger partial charge < -0.3 is 0 Å². The molecule has 20 heavy (non-hydrogen) atoms. The summed E-state index contributed by atoms with van der Waals surface area (Å²) in [5, 5.41) is 2.18. The molecular formula is C15H15N5. The Morgan fingerprint density at radius 1 is 1.10 bits per heavy atom. The number of hydrogen-bond acceptors (Lipinski definition) is 5. The molecule has 0 aliphatic heterocycles. The minimum atomic E-state index is -0.212. The lowest BCUT2D eigenvalue weighted by atomic mass is 9.98. The largest absolute Gasteiger partial charge is 0.271 e. The maximum atomic E-state index is 5.73. The maximum Gasteiger partial charge on any atom is 0.0903 e. The number of hydrogen-bond donors (Lipinski definition) is 2. The van der Waals surface area contributed by atoms with E-state index in [9.17, 15) is 0 Å². The van der Waals surface area contributed by atoms with Crippen molar-refractivity contribution in [3.8, 4) is 0 Å². The van der Waals surface area contributed by atoms with Crippen LogP contribution in [0.1, 0.15) is 23.0 Å². The normalized spacial score (nSPS) is 12.5. The van der Waals surface area contributed by atoms with Crippen LogP contribution in [0, 0.1) is 6.92 Å². The Balaban J connectivity index is 2.14. The van der Waals surface area contributed by atoms with Gasteiger partial charge in [0.25, 0.3) is 0 Å². The summed E-state index contributed by atoms with van der Waals surface area (Å²) in [6, 6.07) is 7.85. The summed E-state index contributed by atoms with van der Waals surface area (Å²) in [5.74, 6) is 5.73. The topological polar surface area (TPSA) is 76.7 Å². The second-order valence-corrected chi connectivity index (χ2v) is 4.63. The van der Waals surface area contributed by atoms with E-state index >= 15 is 0 Å². The molecule has 5 heteroatoms. The first-order valence-corrected chi connectivity index (χ1v) is 6.37. The molecular weight excluding hydrogens is 250 g/mol. The van der Waals surface area contributed by atoms with E-state index in [0.29, 0.717) is 0 Å². The van der Waals surface area contributed by atoms with Crippen molar-refractivity contribution in [1.82, 2.24) is 20.4 Å². The Hall–Kier alpha value is -2.37. The van der Waals surface area contributed by atoms with Crippen LogP contribution in [0.2, 0.25) is 0 Å². The zero-order valence-electron chi connectivity index (χ0n) is 11.1. The Morgan fingerprint density at radius 2 is 2.00 bits per heavy atom. The number of fused-ring (bicyclic) bond motifs is 1. The predicted molar refractivity (Wildman–Crippen MR) is 77.7 cm³/mol. The highest BCUT2D eigenvalue weighted by atomic mass is 15.2. The summed E-state index contributed by atoms with van der Waals surface area (Å²) in [4.78, 5) is 12.9. The Bertz CT molecular complexity index is 718. The van der Waals surface area contributed by atoms with Crippen molar-refractivity contribution in [2.24, 2.45) is 5.84 Å². The molecule has 0 radical (unpaired) electrons. The van der Waals surface area contributed by atoms with Gasteiger partial charge in [-0.1, -0.05) is 18.2 Å². The lowest BCUT2D eigenvalue weighted by molar-refractivity contribution is 0.620. The highest BCUT2D eigenvalue weighted by Gasteiger charge is 2.16. The SMILES string of the molecule is Cc1cnc(C(NN)c2cccc3ccncc23)cn1. The van der Waals surface area contributed by atoms with Crippen LogP contribution < -0.4 is 11.3 Å². The summed E-state index contributed by atoms with van der Waals surface area (Å²) < 4.78 is 0. The van der Waals surface area contributed by atoms with E-state index in [0.717, 1.165) is 27.7 Å². The van der Waals surface area contributed by atoms with E-state index < -0.39 is 0 Å². The van der Waals surface area contributed by atoms with E-state index in [1.807, 2.05) is 31.3 Å². The maximum absolute atomic E-state index is 5.73. The molecule has 3 rings (SSSR count). The highest BCUT2D eigenvalue weighted by Crippen LogP contribution is 2.26. The van der Waals surface area contributed by atoms with Crippen molar-refractivity contribution in [3.05, 3.63) is 66.0 Å². The third kappa shape index (κ3) is 2.24.